The molecule has 2 heterocycles. The summed E-state index contributed by atoms with van der Waals surface area (Å²) in [7, 11) is 0. The first-order chi connectivity index (χ1) is 11.2. The first-order valence-corrected chi connectivity index (χ1v) is 6.86. The van der Waals surface area contributed by atoms with Crippen LogP contribution in [0.15, 0.2) is 36.7 Å². The van der Waals surface area contributed by atoms with Gasteiger partial charge in [0.15, 0.2) is 0 Å². The molecule has 24 heavy (non-hydrogen) atoms. The van der Waals surface area contributed by atoms with Crippen LogP contribution in [0, 0.1) is 5.92 Å². The quantitative estimate of drug-likeness (QED) is 0.864. The van der Waals surface area contributed by atoms with Gasteiger partial charge in [0.25, 0.3) is 5.92 Å². The fraction of sp³-hybridized carbons (Fsp3) is 0.267. The number of amides is 1. The molecule has 0 spiro atoms. The number of alkyl halides is 5. The molecule has 1 N–H and O–H groups in total. The summed E-state index contributed by atoms with van der Waals surface area (Å²) in [4.78, 5) is 19.0. The zero-order valence-electron chi connectivity index (χ0n) is 11.9. The Morgan fingerprint density at radius 3 is 2.50 bits per heavy atom. The van der Waals surface area contributed by atoms with Crippen LogP contribution >= 0.6 is 0 Å². The Hall–Kier alpha value is -2.58. The zero-order valence-corrected chi connectivity index (χ0v) is 11.9. The van der Waals surface area contributed by atoms with E-state index in [9.17, 15) is 26.7 Å². The molecule has 4 nitrogen and oxygen atoms in total. The highest BCUT2D eigenvalue weighted by Crippen LogP contribution is 2.49. The number of hydrogen-bond donors (Lipinski definition) is 1. The van der Waals surface area contributed by atoms with Crippen LogP contribution < -0.4 is 5.32 Å². The van der Waals surface area contributed by atoms with Gasteiger partial charge >= 0.3 is 6.18 Å². The van der Waals surface area contributed by atoms with Gasteiger partial charge in [0.2, 0.25) is 5.91 Å². The fourth-order valence-corrected chi connectivity index (χ4v) is 2.19. The van der Waals surface area contributed by atoms with E-state index < -0.39 is 35.9 Å². The molecule has 3 rings (SSSR count). The molecule has 1 aliphatic rings. The summed E-state index contributed by atoms with van der Waals surface area (Å²) in [5.41, 5.74) is -1.30. The molecule has 0 radical (unpaired) electrons. The maximum Gasteiger partial charge on any atom is 0.418 e. The third-order valence-electron chi connectivity index (χ3n) is 3.54. The third-order valence-corrected chi connectivity index (χ3v) is 3.54. The highest BCUT2D eigenvalue weighted by atomic mass is 19.4. The third kappa shape index (κ3) is 3.19. The number of carbonyl (C=O) groups is 1. The molecule has 1 amide bonds. The number of nitrogens with zero attached hydrogens (tertiary/aromatic N) is 2. The van der Waals surface area contributed by atoms with Crippen molar-refractivity contribution in [2.24, 2.45) is 5.92 Å². The minimum Gasteiger partial charge on any atom is -0.310 e. The van der Waals surface area contributed by atoms with Crippen LogP contribution in [-0.2, 0) is 11.0 Å². The van der Waals surface area contributed by atoms with Crippen molar-refractivity contribution in [1.29, 1.82) is 0 Å². The Morgan fingerprint density at radius 1 is 1.25 bits per heavy atom. The van der Waals surface area contributed by atoms with E-state index in [1.54, 1.807) is 0 Å². The van der Waals surface area contributed by atoms with Crippen molar-refractivity contribution in [3.8, 4) is 11.3 Å². The summed E-state index contributed by atoms with van der Waals surface area (Å²) in [6, 6.07) is 5.39. The van der Waals surface area contributed by atoms with Crippen LogP contribution in [0.4, 0.5) is 27.8 Å². The Labute approximate surface area is 132 Å². The monoisotopic (exact) mass is 343 g/mol. The SMILES string of the molecule is O=C(Nc1cc(-c2ccccn2)c(C(F)(F)F)cn1)[C@H]1CC1(F)F. The van der Waals surface area contributed by atoms with Crippen LogP contribution in [-0.4, -0.2) is 21.8 Å². The van der Waals surface area contributed by atoms with E-state index in [1.807, 2.05) is 0 Å². The summed E-state index contributed by atoms with van der Waals surface area (Å²) in [5, 5.41) is 2.12. The van der Waals surface area contributed by atoms with E-state index in [-0.39, 0.29) is 17.1 Å². The highest BCUT2D eigenvalue weighted by molar-refractivity contribution is 5.95. The lowest BCUT2D eigenvalue weighted by Gasteiger charge is -2.13. The van der Waals surface area contributed by atoms with Gasteiger partial charge in [-0.25, -0.2) is 13.8 Å². The Bertz CT molecular complexity index is 776. The predicted octanol–water partition coefficient (Wildman–Crippen LogP) is 3.76. The number of halogens is 5. The van der Waals surface area contributed by atoms with Crippen molar-refractivity contribution < 1.29 is 26.7 Å². The molecule has 0 bridgehead atoms. The van der Waals surface area contributed by atoms with Crippen molar-refractivity contribution in [1.82, 2.24) is 9.97 Å². The molecule has 1 atom stereocenters. The second-order valence-corrected chi connectivity index (χ2v) is 5.33. The molecule has 0 unspecified atom stereocenters. The normalized spacial score (nSPS) is 19.0. The molecule has 0 saturated heterocycles. The van der Waals surface area contributed by atoms with Crippen molar-refractivity contribution in [2.45, 2.75) is 18.5 Å². The summed E-state index contributed by atoms with van der Waals surface area (Å²) in [6.07, 6.45) is -3.39. The lowest BCUT2D eigenvalue weighted by Crippen LogP contribution is -2.19. The summed E-state index contributed by atoms with van der Waals surface area (Å²) < 4.78 is 65.1. The minimum absolute atomic E-state index is 0.0273. The average Bonchev–Trinajstić information content (AvgIpc) is 3.16. The number of nitrogens with one attached hydrogen (secondary N) is 1. The summed E-state index contributed by atoms with van der Waals surface area (Å²) >= 11 is 0. The van der Waals surface area contributed by atoms with E-state index in [0.29, 0.717) is 6.20 Å². The predicted molar refractivity (Wildman–Crippen MR) is 74.2 cm³/mol. The number of rotatable bonds is 3. The van der Waals surface area contributed by atoms with Gasteiger partial charge in [0, 0.05) is 24.4 Å². The first kappa shape index (κ1) is 16.3. The van der Waals surface area contributed by atoms with Crippen LogP contribution in [0.25, 0.3) is 11.3 Å². The van der Waals surface area contributed by atoms with E-state index in [4.69, 9.17) is 0 Å². The van der Waals surface area contributed by atoms with E-state index >= 15 is 0 Å². The van der Waals surface area contributed by atoms with Gasteiger partial charge in [-0.05, 0) is 18.2 Å². The molecule has 9 heteroatoms. The van der Waals surface area contributed by atoms with Crippen molar-refractivity contribution in [3.05, 3.63) is 42.2 Å². The van der Waals surface area contributed by atoms with E-state index in [1.165, 1.54) is 24.4 Å². The van der Waals surface area contributed by atoms with Crippen LogP contribution in [0.3, 0.4) is 0 Å². The number of carbonyl (C=O) groups excluding carboxylic acids is 1. The summed E-state index contributed by atoms with van der Waals surface area (Å²) in [6.45, 7) is 0. The maximum absolute atomic E-state index is 13.1. The first-order valence-electron chi connectivity index (χ1n) is 6.86. The molecule has 2 aromatic rings. The number of anilines is 1. The lowest BCUT2D eigenvalue weighted by atomic mass is 10.1. The second-order valence-electron chi connectivity index (χ2n) is 5.33. The number of hydrogen-bond acceptors (Lipinski definition) is 3. The zero-order chi connectivity index (χ0) is 17.5. The minimum atomic E-state index is -4.67. The van der Waals surface area contributed by atoms with Gasteiger partial charge in [-0.2, -0.15) is 13.2 Å². The lowest BCUT2D eigenvalue weighted by molar-refractivity contribution is -0.137. The molecule has 126 valence electrons. The Kier molecular flexibility index (Phi) is 3.73. The molecular formula is C15H10F5N3O. The van der Waals surface area contributed by atoms with Crippen LogP contribution in [0.5, 0.6) is 0 Å². The topological polar surface area (TPSA) is 54.9 Å². The highest BCUT2D eigenvalue weighted by Gasteiger charge is 2.61. The van der Waals surface area contributed by atoms with Crippen molar-refractivity contribution in [3.63, 3.8) is 0 Å². The van der Waals surface area contributed by atoms with Crippen LogP contribution in [0.1, 0.15) is 12.0 Å². The largest absolute Gasteiger partial charge is 0.418 e. The van der Waals surface area contributed by atoms with Gasteiger partial charge in [-0.1, -0.05) is 6.07 Å². The van der Waals surface area contributed by atoms with Gasteiger partial charge in [-0.15, -0.1) is 0 Å². The molecule has 1 saturated carbocycles. The average molecular weight is 343 g/mol. The molecular weight excluding hydrogens is 333 g/mol. The fourth-order valence-electron chi connectivity index (χ4n) is 2.19. The number of pyridine rings is 2. The van der Waals surface area contributed by atoms with Crippen LogP contribution in [0.2, 0.25) is 0 Å². The second kappa shape index (κ2) is 5.50. The Morgan fingerprint density at radius 2 is 1.96 bits per heavy atom. The number of aromatic nitrogens is 2. The molecule has 1 aliphatic carbocycles. The molecule has 0 aliphatic heterocycles. The van der Waals surface area contributed by atoms with E-state index in [2.05, 4.69) is 15.3 Å². The smallest absolute Gasteiger partial charge is 0.310 e. The van der Waals surface area contributed by atoms with Crippen molar-refractivity contribution >= 4 is 11.7 Å². The molecule has 1 fully saturated rings. The molecule has 0 aromatic carbocycles. The van der Waals surface area contributed by atoms with Gasteiger partial charge in [-0.3, -0.25) is 9.78 Å². The molecule has 2 aromatic heterocycles. The maximum atomic E-state index is 13.1. The van der Waals surface area contributed by atoms with Gasteiger partial charge < -0.3 is 5.32 Å². The van der Waals surface area contributed by atoms with Gasteiger partial charge in [0.1, 0.15) is 11.7 Å². The van der Waals surface area contributed by atoms with Crippen molar-refractivity contribution in [2.75, 3.05) is 5.32 Å². The van der Waals surface area contributed by atoms with E-state index in [0.717, 1.165) is 6.07 Å². The Balaban J connectivity index is 1.94. The standard InChI is InChI=1S/C15H10F5N3O/c16-14(17)6-9(14)13(24)23-12-5-8(11-3-1-2-4-21-11)10(7-22-12)15(18,19)20/h1-5,7,9H,6H2,(H,22,23,24)/t9-/m1/s1. The van der Waals surface area contributed by atoms with Gasteiger partial charge in [0.05, 0.1) is 11.3 Å². The summed E-state index contributed by atoms with van der Waals surface area (Å²) in [5.74, 6) is -5.75.